The third-order valence-corrected chi connectivity index (χ3v) is 6.70. The Morgan fingerprint density at radius 3 is 2.41 bits per heavy atom. The van der Waals surface area contributed by atoms with Gasteiger partial charge >= 0.3 is 5.97 Å². The van der Waals surface area contributed by atoms with Gasteiger partial charge in [-0.2, -0.15) is 0 Å². The molecular formula is C27H27NO4. The first-order valence-electron chi connectivity index (χ1n) is 10.9. The van der Waals surface area contributed by atoms with Gasteiger partial charge in [0.05, 0.1) is 17.6 Å². The van der Waals surface area contributed by atoms with Crippen molar-refractivity contribution >= 4 is 17.6 Å². The molecule has 164 valence electrons. The Balaban J connectivity index is 0.00000259. The van der Waals surface area contributed by atoms with Crippen LogP contribution in [-0.2, 0) is 16.6 Å². The molecule has 3 aromatic rings. The van der Waals surface area contributed by atoms with E-state index >= 15 is 0 Å². The van der Waals surface area contributed by atoms with Crippen LogP contribution in [0.15, 0.2) is 54.6 Å². The third kappa shape index (κ3) is 3.44. The number of carboxylic acids is 1. The van der Waals surface area contributed by atoms with Crippen LogP contribution in [-0.4, -0.2) is 23.6 Å². The molecule has 0 atom stereocenters. The molecule has 1 saturated carbocycles. The van der Waals surface area contributed by atoms with Crippen LogP contribution in [0.5, 0.6) is 5.75 Å². The zero-order valence-corrected chi connectivity index (χ0v) is 18.2. The lowest BCUT2D eigenvalue weighted by atomic mass is 9.92. The minimum atomic E-state index is -0.955. The molecule has 1 amide bonds. The fourth-order valence-corrected chi connectivity index (χ4v) is 4.54. The second-order valence-electron chi connectivity index (χ2n) is 8.82. The molecule has 2 N–H and O–H groups in total. The van der Waals surface area contributed by atoms with Crippen LogP contribution in [0.25, 0.3) is 11.1 Å². The van der Waals surface area contributed by atoms with Gasteiger partial charge in [-0.25, -0.2) is 4.79 Å². The number of carbonyl (C=O) groups is 2. The Labute approximate surface area is 188 Å². The van der Waals surface area contributed by atoms with E-state index in [-0.39, 0.29) is 12.9 Å². The van der Waals surface area contributed by atoms with Crippen molar-refractivity contribution in [2.24, 2.45) is 0 Å². The highest BCUT2D eigenvalue weighted by Gasteiger charge is 2.51. The lowest BCUT2D eigenvalue weighted by molar-refractivity contribution is -0.118. The maximum Gasteiger partial charge on any atom is 0.335 e. The van der Waals surface area contributed by atoms with Crippen LogP contribution in [0.2, 0.25) is 0 Å². The highest BCUT2D eigenvalue weighted by Crippen LogP contribution is 2.50. The summed E-state index contributed by atoms with van der Waals surface area (Å²) < 4.78 is 5.60. The van der Waals surface area contributed by atoms with Gasteiger partial charge in [0.15, 0.2) is 0 Å². The molecule has 1 heterocycles. The van der Waals surface area contributed by atoms with Crippen molar-refractivity contribution in [1.82, 2.24) is 0 Å². The van der Waals surface area contributed by atoms with Crippen molar-refractivity contribution in [1.29, 1.82) is 0 Å². The van der Waals surface area contributed by atoms with E-state index in [4.69, 9.17) is 4.74 Å². The lowest BCUT2D eigenvalue weighted by Crippen LogP contribution is -2.27. The van der Waals surface area contributed by atoms with Crippen molar-refractivity contribution in [3.8, 4) is 16.9 Å². The fraction of sp³-hybridized carbons (Fsp3) is 0.259. The number of amides is 1. The summed E-state index contributed by atoms with van der Waals surface area (Å²) in [6, 6.07) is 17.0. The topological polar surface area (TPSA) is 75.6 Å². The van der Waals surface area contributed by atoms with Crippen molar-refractivity contribution in [3.63, 3.8) is 0 Å². The molecule has 3 aromatic carbocycles. The van der Waals surface area contributed by atoms with Gasteiger partial charge in [0, 0.05) is 13.5 Å². The maximum absolute atomic E-state index is 13.3. The van der Waals surface area contributed by atoms with E-state index < -0.39 is 11.4 Å². The van der Waals surface area contributed by atoms with Crippen molar-refractivity contribution in [2.45, 2.75) is 38.5 Å². The number of fused-ring (bicyclic) bond motifs is 1. The summed E-state index contributed by atoms with van der Waals surface area (Å²) in [4.78, 5) is 24.8. The van der Waals surface area contributed by atoms with Crippen molar-refractivity contribution < 1.29 is 20.9 Å². The molecule has 0 spiro atoms. The highest BCUT2D eigenvalue weighted by molar-refractivity contribution is 6.02. The van der Waals surface area contributed by atoms with Crippen LogP contribution in [0.3, 0.4) is 0 Å². The molecule has 0 bridgehead atoms. The van der Waals surface area contributed by atoms with E-state index in [2.05, 4.69) is 11.4 Å². The van der Waals surface area contributed by atoms with E-state index in [9.17, 15) is 14.7 Å². The Bertz CT molecular complexity index is 1260. The van der Waals surface area contributed by atoms with Crippen molar-refractivity contribution in [3.05, 3.63) is 82.4 Å². The molecular weight excluding hydrogens is 402 g/mol. The molecule has 32 heavy (non-hydrogen) atoms. The number of aryl methyl sites for hydroxylation is 2. The number of anilines is 1. The smallest absolute Gasteiger partial charge is 0.335 e. The molecule has 5 nitrogen and oxygen atoms in total. The number of carboxylic acid groups (broad SMARTS) is 1. The van der Waals surface area contributed by atoms with E-state index in [1.165, 1.54) is 5.56 Å². The zero-order chi connectivity index (χ0) is 22.5. The van der Waals surface area contributed by atoms with Crippen molar-refractivity contribution in [2.75, 3.05) is 11.9 Å². The van der Waals surface area contributed by atoms with Crippen LogP contribution < -0.4 is 10.1 Å². The fourth-order valence-electron chi connectivity index (χ4n) is 4.54. The summed E-state index contributed by atoms with van der Waals surface area (Å²) in [5, 5.41) is 12.5. The zero-order valence-electron chi connectivity index (χ0n) is 18.2. The molecule has 2 aliphatic rings. The molecule has 0 radical (unpaired) electrons. The number of ether oxygens (including phenoxy) is 1. The second-order valence-corrected chi connectivity index (χ2v) is 8.82. The molecule has 5 heteroatoms. The number of rotatable bonds is 5. The number of aromatic carboxylic acids is 1. The normalized spacial score (nSPS) is 15.6. The summed E-state index contributed by atoms with van der Waals surface area (Å²) in [6.45, 7) is 4.65. The van der Waals surface area contributed by atoms with Gasteiger partial charge in [-0.05, 0) is 90.4 Å². The number of nitrogens with one attached hydrogen (secondary N) is 1. The first-order valence-corrected chi connectivity index (χ1v) is 10.9. The molecule has 0 saturated heterocycles. The monoisotopic (exact) mass is 429 g/mol. The average Bonchev–Trinajstić information content (AvgIpc) is 3.46. The first-order chi connectivity index (χ1) is 15.4. The van der Waals surface area contributed by atoms with Gasteiger partial charge in [-0.15, -0.1) is 0 Å². The van der Waals surface area contributed by atoms with E-state index in [1.807, 2.05) is 50.2 Å². The van der Waals surface area contributed by atoms with Crippen LogP contribution in [0.1, 0.15) is 46.9 Å². The minimum absolute atomic E-state index is 0. The summed E-state index contributed by atoms with van der Waals surface area (Å²) in [5.41, 5.74) is 6.49. The molecule has 1 aliphatic carbocycles. The Hall–Kier alpha value is -3.60. The number of carbonyl (C=O) groups excluding carboxylic acids is 1. The predicted octanol–water partition coefficient (Wildman–Crippen LogP) is 5.52. The molecule has 0 aromatic heterocycles. The van der Waals surface area contributed by atoms with Crippen LogP contribution in [0, 0.1) is 13.8 Å². The standard InChI is InChI=1S/C27H25NO4.H2/c1-16-3-5-19(25(29)30)14-22(16)23-15-21(7-4-17(23)2)28-26(31)27(10-11-27)20-6-8-24-18(13-20)9-12-32-24;/h3-8,13-15H,9-12H2,1-2H3,(H,28,31)(H,29,30);1H. The predicted molar refractivity (Wildman–Crippen MR) is 126 cm³/mol. The Morgan fingerprint density at radius 2 is 1.69 bits per heavy atom. The van der Waals surface area contributed by atoms with Crippen LogP contribution in [0.4, 0.5) is 5.69 Å². The molecule has 0 unspecified atom stereocenters. The van der Waals surface area contributed by atoms with E-state index in [1.54, 1.807) is 12.1 Å². The molecule has 1 fully saturated rings. The molecule has 5 rings (SSSR count). The Kier molecular flexibility index (Phi) is 4.77. The van der Waals surface area contributed by atoms with Gasteiger partial charge in [0.2, 0.25) is 5.91 Å². The van der Waals surface area contributed by atoms with Gasteiger partial charge in [0.1, 0.15) is 5.75 Å². The van der Waals surface area contributed by atoms with E-state index in [0.29, 0.717) is 12.3 Å². The number of hydrogen-bond acceptors (Lipinski definition) is 3. The SMILES string of the molecule is Cc1ccc(NC(=O)C2(c3ccc4c(c3)CCO4)CC2)cc1-c1cc(C(=O)O)ccc1C.[HH]. The summed E-state index contributed by atoms with van der Waals surface area (Å²) in [7, 11) is 0. The van der Waals surface area contributed by atoms with Gasteiger partial charge in [-0.3, -0.25) is 4.79 Å². The quantitative estimate of drug-likeness (QED) is 0.560. The van der Waals surface area contributed by atoms with Gasteiger partial charge in [-0.1, -0.05) is 24.3 Å². The summed E-state index contributed by atoms with van der Waals surface area (Å²) in [6.07, 6.45) is 2.55. The maximum atomic E-state index is 13.3. The Morgan fingerprint density at radius 1 is 0.969 bits per heavy atom. The summed E-state index contributed by atoms with van der Waals surface area (Å²) >= 11 is 0. The number of benzene rings is 3. The second kappa shape index (κ2) is 7.52. The first kappa shape index (κ1) is 20.3. The molecule has 1 aliphatic heterocycles. The minimum Gasteiger partial charge on any atom is -0.493 e. The average molecular weight is 430 g/mol. The lowest BCUT2D eigenvalue weighted by Gasteiger charge is -2.18. The highest BCUT2D eigenvalue weighted by atomic mass is 16.5. The van der Waals surface area contributed by atoms with Gasteiger partial charge in [0.25, 0.3) is 0 Å². The van der Waals surface area contributed by atoms with E-state index in [0.717, 1.165) is 52.8 Å². The van der Waals surface area contributed by atoms with Crippen LogP contribution >= 0.6 is 0 Å². The third-order valence-electron chi connectivity index (χ3n) is 6.70. The summed E-state index contributed by atoms with van der Waals surface area (Å²) in [5.74, 6) is -0.0296. The number of hydrogen-bond donors (Lipinski definition) is 2. The largest absolute Gasteiger partial charge is 0.493 e. The van der Waals surface area contributed by atoms with Gasteiger partial charge < -0.3 is 15.2 Å².